The third kappa shape index (κ3) is 6.09. The number of para-hydroxylation sites is 1. The third-order valence-electron chi connectivity index (χ3n) is 5.90. The van der Waals surface area contributed by atoms with Gasteiger partial charge in [-0.25, -0.2) is 8.42 Å². The van der Waals surface area contributed by atoms with Crippen LogP contribution in [0.1, 0.15) is 50.3 Å². The summed E-state index contributed by atoms with van der Waals surface area (Å²) < 4.78 is 30.3. The Morgan fingerprint density at radius 1 is 1.09 bits per heavy atom. The van der Waals surface area contributed by atoms with Crippen molar-refractivity contribution in [1.29, 1.82) is 0 Å². The van der Waals surface area contributed by atoms with E-state index >= 15 is 0 Å². The molecule has 1 aromatic heterocycles. The molecule has 0 spiro atoms. The van der Waals surface area contributed by atoms with Crippen LogP contribution < -0.4 is 10.7 Å². The summed E-state index contributed by atoms with van der Waals surface area (Å²) in [5.74, 6) is 0. The van der Waals surface area contributed by atoms with Gasteiger partial charge in [0.2, 0.25) is 10.0 Å². The zero-order valence-corrected chi connectivity index (χ0v) is 22.8. The van der Waals surface area contributed by atoms with Crippen LogP contribution in [-0.4, -0.2) is 41.7 Å². The number of hydrogen-bond acceptors (Lipinski definition) is 4. The van der Waals surface area contributed by atoms with Gasteiger partial charge in [-0.1, -0.05) is 32.0 Å². The van der Waals surface area contributed by atoms with E-state index in [4.69, 9.17) is 12.2 Å². The van der Waals surface area contributed by atoms with Gasteiger partial charge in [-0.15, -0.1) is 0 Å². The average molecular weight is 514 g/mol. The van der Waals surface area contributed by atoms with Crippen molar-refractivity contribution >= 4 is 50.2 Å². The fourth-order valence-corrected chi connectivity index (χ4v) is 5.95. The second kappa shape index (κ2) is 11.8. The first kappa shape index (κ1) is 26.8. The summed E-state index contributed by atoms with van der Waals surface area (Å²) in [6.45, 7) is 11.9. The van der Waals surface area contributed by atoms with E-state index in [0.29, 0.717) is 23.1 Å². The Balaban J connectivity index is 1.88. The van der Waals surface area contributed by atoms with Gasteiger partial charge in [-0.3, -0.25) is 5.43 Å². The SMILES string of the molecule is CCCN(CCC)S(=O)(=O)c1ccc2c(c1)c(/C=N/NC(=S)Nc1c(C)cccc1C)cn2CC. The summed E-state index contributed by atoms with van der Waals surface area (Å²) in [4.78, 5) is 0.301. The number of fused-ring (bicyclic) bond motifs is 1. The Hall–Kier alpha value is -2.75. The van der Waals surface area contributed by atoms with E-state index in [0.717, 1.165) is 52.7 Å². The van der Waals surface area contributed by atoms with Crippen LogP contribution in [0.5, 0.6) is 0 Å². The van der Waals surface area contributed by atoms with Gasteiger partial charge in [-0.2, -0.15) is 9.41 Å². The number of nitrogens with zero attached hydrogens (tertiary/aromatic N) is 3. The number of benzene rings is 2. The van der Waals surface area contributed by atoms with Crippen molar-refractivity contribution < 1.29 is 8.42 Å². The van der Waals surface area contributed by atoms with Crippen molar-refractivity contribution in [2.75, 3.05) is 18.4 Å². The van der Waals surface area contributed by atoms with Crippen molar-refractivity contribution in [2.24, 2.45) is 5.10 Å². The molecule has 0 aliphatic rings. The van der Waals surface area contributed by atoms with E-state index in [1.807, 2.05) is 58.2 Å². The molecule has 0 atom stereocenters. The number of hydrogen-bond donors (Lipinski definition) is 2. The van der Waals surface area contributed by atoms with Crippen molar-refractivity contribution in [1.82, 2.24) is 14.3 Å². The summed E-state index contributed by atoms with van der Waals surface area (Å²) in [7, 11) is -3.57. The maximum atomic E-state index is 13.3. The number of nitrogens with one attached hydrogen (secondary N) is 2. The maximum Gasteiger partial charge on any atom is 0.243 e. The maximum absolute atomic E-state index is 13.3. The summed E-state index contributed by atoms with van der Waals surface area (Å²) in [6.07, 6.45) is 5.20. The number of hydrazone groups is 1. The first-order valence-corrected chi connectivity index (χ1v) is 13.9. The van der Waals surface area contributed by atoms with E-state index in [2.05, 4.69) is 27.3 Å². The molecule has 2 aromatic carbocycles. The molecule has 0 aliphatic heterocycles. The van der Waals surface area contributed by atoms with Crippen LogP contribution in [-0.2, 0) is 16.6 Å². The monoisotopic (exact) mass is 513 g/mol. The van der Waals surface area contributed by atoms with Crippen molar-refractivity contribution in [2.45, 2.75) is 58.9 Å². The number of thiocarbonyl (C=S) groups is 1. The van der Waals surface area contributed by atoms with Gasteiger partial charge in [0, 0.05) is 48.0 Å². The van der Waals surface area contributed by atoms with E-state index in [1.54, 1.807) is 22.7 Å². The van der Waals surface area contributed by atoms with Crippen LogP contribution in [0.2, 0.25) is 0 Å². The predicted molar refractivity (Wildman–Crippen MR) is 150 cm³/mol. The molecule has 0 saturated heterocycles. The van der Waals surface area contributed by atoms with E-state index in [9.17, 15) is 8.42 Å². The van der Waals surface area contributed by atoms with Gasteiger partial charge in [0.25, 0.3) is 0 Å². The zero-order valence-electron chi connectivity index (χ0n) is 21.1. The molecule has 2 N–H and O–H groups in total. The van der Waals surface area contributed by atoms with Crippen LogP contribution in [0, 0.1) is 13.8 Å². The molecule has 0 saturated carbocycles. The normalized spacial score (nSPS) is 12.1. The highest BCUT2D eigenvalue weighted by Gasteiger charge is 2.24. The van der Waals surface area contributed by atoms with Gasteiger partial charge in [0.05, 0.1) is 11.1 Å². The highest BCUT2D eigenvalue weighted by Crippen LogP contribution is 2.26. The second-order valence-electron chi connectivity index (χ2n) is 8.54. The largest absolute Gasteiger partial charge is 0.347 e. The van der Waals surface area contributed by atoms with E-state index in [1.165, 1.54) is 0 Å². The highest BCUT2D eigenvalue weighted by atomic mass is 32.2. The molecule has 0 bridgehead atoms. The molecule has 3 aromatic rings. The minimum atomic E-state index is -3.57. The molecule has 35 heavy (non-hydrogen) atoms. The molecular weight excluding hydrogens is 478 g/mol. The number of rotatable bonds is 10. The third-order valence-corrected chi connectivity index (χ3v) is 7.99. The van der Waals surface area contributed by atoms with Gasteiger partial charge >= 0.3 is 0 Å². The fraction of sp³-hybridized carbons (Fsp3) is 0.385. The Labute approximate surface area is 214 Å². The molecule has 3 rings (SSSR count). The van der Waals surface area contributed by atoms with Crippen LogP contribution in [0.4, 0.5) is 5.69 Å². The Morgan fingerprint density at radius 2 is 1.74 bits per heavy atom. The summed E-state index contributed by atoms with van der Waals surface area (Å²) in [5.41, 5.74) is 7.81. The lowest BCUT2D eigenvalue weighted by Crippen LogP contribution is -2.32. The summed E-state index contributed by atoms with van der Waals surface area (Å²) >= 11 is 5.42. The molecular formula is C26H35N5O2S2. The number of aromatic nitrogens is 1. The first-order valence-electron chi connectivity index (χ1n) is 12.0. The number of anilines is 1. The topological polar surface area (TPSA) is 78.7 Å². The standard InChI is InChI=1S/C26H35N5O2S2/c1-6-14-31(15-7-2)35(32,33)22-12-13-24-23(16-22)21(18-30(24)8-3)17-27-29-26(34)28-25-19(4)10-9-11-20(25)5/h9-13,16-18H,6-8,14-15H2,1-5H3,(H2,28,29,34)/b27-17+. The highest BCUT2D eigenvalue weighted by molar-refractivity contribution is 7.89. The summed E-state index contributed by atoms with van der Waals surface area (Å²) in [6, 6.07) is 11.4. The van der Waals surface area contributed by atoms with E-state index in [-0.39, 0.29) is 0 Å². The smallest absolute Gasteiger partial charge is 0.243 e. The molecule has 0 aliphatic carbocycles. The number of aryl methyl sites for hydroxylation is 3. The Kier molecular flexibility index (Phi) is 9.04. The Bertz CT molecular complexity index is 1300. The lowest BCUT2D eigenvalue weighted by Gasteiger charge is -2.21. The molecule has 188 valence electrons. The van der Waals surface area contributed by atoms with E-state index < -0.39 is 10.0 Å². The minimum absolute atomic E-state index is 0.301. The average Bonchev–Trinajstić information content (AvgIpc) is 3.18. The lowest BCUT2D eigenvalue weighted by molar-refractivity contribution is 0.410. The first-order chi connectivity index (χ1) is 16.7. The van der Waals surface area contributed by atoms with Crippen LogP contribution in [0.15, 0.2) is 52.6 Å². The van der Waals surface area contributed by atoms with Crippen molar-refractivity contribution in [3.63, 3.8) is 0 Å². The molecule has 0 radical (unpaired) electrons. The molecule has 0 amide bonds. The lowest BCUT2D eigenvalue weighted by atomic mass is 10.1. The molecule has 7 nitrogen and oxygen atoms in total. The van der Waals surface area contributed by atoms with Crippen molar-refractivity contribution in [3.8, 4) is 0 Å². The van der Waals surface area contributed by atoms with Gasteiger partial charge in [-0.05, 0) is 75.2 Å². The van der Waals surface area contributed by atoms with Gasteiger partial charge in [0.15, 0.2) is 5.11 Å². The molecule has 0 unspecified atom stereocenters. The van der Waals surface area contributed by atoms with Gasteiger partial charge < -0.3 is 9.88 Å². The summed E-state index contributed by atoms with van der Waals surface area (Å²) in [5, 5.41) is 8.75. The van der Waals surface area contributed by atoms with Crippen LogP contribution in [0.3, 0.4) is 0 Å². The van der Waals surface area contributed by atoms with Crippen LogP contribution >= 0.6 is 12.2 Å². The Morgan fingerprint density at radius 3 is 2.34 bits per heavy atom. The van der Waals surface area contributed by atoms with Crippen LogP contribution in [0.25, 0.3) is 10.9 Å². The second-order valence-corrected chi connectivity index (χ2v) is 10.9. The minimum Gasteiger partial charge on any atom is -0.347 e. The molecule has 1 heterocycles. The molecule has 0 fully saturated rings. The number of sulfonamides is 1. The zero-order chi connectivity index (χ0) is 25.6. The predicted octanol–water partition coefficient (Wildman–Crippen LogP) is 5.41. The van der Waals surface area contributed by atoms with Gasteiger partial charge in [0.1, 0.15) is 0 Å². The molecule has 9 heteroatoms. The quantitative estimate of drug-likeness (QED) is 0.215. The van der Waals surface area contributed by atoms with Crippen molar-refractivity contribution in [3.05, 3.63) is 59.3 Å². The fourth-order valence-electron chi connectivity index (χ4n) is 4.14.